The maximum atomic E-state index is 11.5. The highest BCUT2D eigenvalue weighted by atomic mass is 16.1. The van der Waals surface area contributed by atoms with E-state index < -0.39 is 0 Å². The second-order valence-electron chi connectivity index (χ2n) is 4.23. The number of rotatable bonds is 6. The molecule has 1 amide bonds. The molecule has 5 heteroatoms. The molecule has 0 spiro atoms. The zero-order valence-electron chi connectivity index (χ0n) is 10.7. The Balaban J connectivity index is 2.24. The second kappa shape index (κ2) is 6.96. The van der Waals surface area contributed by atoms with Gasteiger partial charge in [-0.15, -0.1) is 0 Å². The standard InChI is InChI=1S/C12H20N4O/c1-9(2)13-7-5-12(17)15-8-11-4-6-14-10(3)16-11/h4,6,9,13H,5,7-8H2,1-3H3,(H,15,17). The Hall–Kier alpha value is -1.49. The molecule has 0 fully saturated rings. The molecule has 1 rings (SSSR count). The van der Waals surface area contributed by atoms with Crippen LogP contribution in [0, 0.1) is 6.92 Å². The summed E-state index contributed by atoms with van der Waals surface area (Å²) in [4.78, 5) is 19.7. The minimum absolute atomic E-state index is 0.0365. The van der Waals surface area contributed by atoms with Crippen LogP contribution in [0.1, 0.15) is 31.8 Å². The van der Waals surface area contributed by atoms with Crippen LogP contribution < -0.4 is 10.6 Å². The molecule has 0 saturated carbocycles. The van der Waals surface area contributed by atoms with Gasteiger partial charge in [-0.05, 0) is 13.0 Å². The molecule has 0 atom stereocenters. The number of nitrogens with zero attached hydrogens (tertiary/aromatic N) is 2. The Labute approximate surface area is 102 Å². The van der Waals surface area contributed by atoms with Crippen LogP contribution in [0.3, 0.4) is 0 Å². The van der Waals surface area contributed by atoms with E-state index in [1.807, 2.05) is 6.92 Å². The number of aromatic nitrogens is 2. The van der Waals surface area contributed by atoms with Crippen molar-refractivity contribution in [1.82, 2.24) is 20.6 Å². The van der Waals surface area contributed by atoms with Gasteiger partial charge in [0.05, 0.1) is 12.2 Å². The monoisotopic (exact) mass is 236 g/mol. The molecule has 5 nitrogen and oxygen atoms in total. The van der Waals surface area contributed by atoms with E-state index in [0.717, 1.165) is 11.5 Å². The Kier molecular flexibility index (Phi) is 5.56. The molecular formula is C12H20N4O. The largest absolute Gasteiger partial charge is 0.350 e. The van der Waals surface area contributed by atoms with E-state index in [1.54, 1.807) is 12.3 Å². The smallest absolute Gasteiger partial charge is 0.221 e. The third-order valence-electron chi connectivity index (χ3n) is 2.21. The van der Waals surface area contributed by atoms with Crippen LogP contribution in [-0.4, -0.2) is 28.5 Å². The number of carbonyl (C=O) groups is 1. The van der Waals surface area contributed by atoms with Gasteiger partial charge in [-0.2, -0.15) is 0 Å². The lowest BCUT2D eigenvalue weighted by Gasteiger charge is -2.08. The zero-order chi connectivity index (χ0) is 12.7. The van der Waals surface area contributed by atoms with Crippen molar-refractivity contribution in [3.8, 4) is 0 Å². The van der Waals surface area contributed by atoms with Crippen molar-refractivity contribution >= 4 is 5.91 Å². The minimum Gasteiger partial charge on any atom is -0.350 e. The summed E-state index contributed by atoms with van der Waals surface area (Å²) in [5.41, 5.74) is 0.836. The molecule has 0 saturated heterocycles. The van der Waals surface area contributed by atoms with E-state index in [2.05, 4.69) is 34.4 Å². The Morgan fingerprint density at radius 1 is 1.47 bits per heavy atom. The van der Waals surface area contributed by atoms with Gasteiger partial charge in [0.2, 0.25) is 5.91 Å². The Morgan fingerprint density at radius 2 is 2.24 bits per heavy atom. The van der Waals surface area contributed by atoms with Crippen molar-refractivity contribution in [1.29, 1.82) is 0 Å². The van der Waals surface area contributed by atoms with Gasteiger partial charge in [0.25, 0.3) is 0 Å². The van der Waals surface area contributed by atoms with Crippen LogP contribution in [0.2, 0.25) is 0 Å². The van der Waals surface area contributed by atoms with Gasteiger partial charge in [-0.25, -0.2) is 9.97 Å². The summed E-state index contributed by atoms with van der Waals surface area (Å²) in [6, 6.07) is 2.21. The van der Waals surface area contributed by atoms with Gasteiger partial charge in [-0.1, -0.05) is 13.8 Å². The van der Waals surface area contributed by atoms with E-state index in [4.69, 9.17) is 0 Å². The summed E-state index contributed by atoms with van der Waals surface area (Å²) >= 11 is 0. The maximum Gasteiger partial charge on any atom is 0.221 e. The summed E-state index contributed by atoms with van der Waals surface area (Å²) in [6.45, 7) is 7.11. The predicted octanol–water partition coefficient (Wildman–Crippen LogP) is 0.789. The van der Waals surface area contributed by atoms with E-state index >= 15 is 0 Å². The second-order valence-corrected chi connectivity index (χ2v) is 4.23. The van der Waals surface area contributed by atoms with Crippen molar-refractivity contribution in [2.24, 2.45) is 0 Å². The molecule has 0 aromatic carbocycles. The van der Waals surface area contributed by atoms with Gasteiger partial charge < -0.3 is 10.6 Å². The van der Waals surface area contributed by atoms with Crippen LogP contribution >= 0.6 is 0 Å². The molecular weight excluding hydrogens is 216 g/mol. The van der Waals surface area contributed by atoms with E-state index in [9.17, 15) is 4.79 Å². The van der Waals surface area contributed by atoms with Gasteiger partial charge in [0.1, 0.15) is 5.82 Å². The minimum atomic E-state index is 0.0365. The SMILES string of the molecule is Cc1nccc(CNC(=O)CCNC(C)C)n1. The number of carbonyl (C=O) groups excluding carboxylic acids is 1. The molecule has 0 aliphatic rings. The molecule has 0 bridgehead atoms. The van der Waals surface area contributed by atoms with Crippen molar-refractivity contribution in [3.63, 3.8) is 0 Å². The average molecular weight is 236 g/mol. The maximum absolute atomic E-state index is 11.5. The molecule has 94 valence electrons. The normalized spacial score (nSPS) is 10.6. The number of hydrogen-bond donors (Lipinski definition) is 2. The number of hydrogen-bond acceptors (Lipinski definition) is 4. The molecule has 0 radical (unpaired) electrons. The van der Waals surface area contributed by atoms with Gasteiger partial charge in [0, 0.05) is 25.2 Å². The summed E-state index contributed by atoms with van der Waals surface area (Å²) in [6.07, 6.45) is 2.19. The van der Waals surface area contributed by atoms with Gasteiger partial charge >= 0.3 is 0 Å². The molecule has 1 heterocycles. The average Bonchev–Trinajstić information content (AvgIpc) is 2.26. The highest BCUT2D eigenvalue weighted by Gasteiger charge is 2.02. The van der Waals surface area contributed by atoms with Crippen LogP contribution in [0.5, 0.6) is 0 Å². The first-order valence-electron chi connectivity index (χ1n) is 5.86. The molecule has 0 aliphatic carbocycles. The molecule has 0 aliphatic heterocycles. The van der Waals surface area contributed by atoms with E-state index in [1.165, 1.54) is 0 Å². The highest BCUT2D eigenvalue weighted by Crippen LogP contribution is 1.94. The van der Waals surface area contributed by atoms with Gasteiger partial charge in [-0.3, -0.25) is 4.79 Å². The van der Waals surface area contributed by atoms with Crippen LogP contribution in [0.4, 0.5) is 0 Å². The summed E-state index contributed by atoms with van der Waals surface area (Å²) in [5.74, 6) is 0.757. The molecule has 0 unspecified atom stereocenters. The first-order chi connectivity index (χ1) is 8.08. The highest BCUT2D eigenvalue weighted by molar-refractivity contribution is 5.75. The first-order valence-corrected chi connectivity index (χ1v) is 5.86. The number of amides is 1. The van der Waals surface area contributed by atoms with E-state index in [0.29, 0.717) is 25.6 Å². The fourth-order valence-electron chi connectivity index (χ4n) is 1.36. The lowest BCUT2D eigenvalue weighted by atomic mass is 10.3. The lowest BCUT2D eigenvalue weighted by molar-refractivity contribution is -0.121. The van der Waals surface area contributed by atoms with Crippen LogP contribution in [-0.2, 0) is 11.3 Å². The van der Waals surface area contributed by atoms with Gasteiger partial charge in [0.15, 0.2) is 0 Å². The quantitative estimate of drug-likeness (QED) is 0.766. The van der Waals surface area contributed by atoms with Crippen LogP contribution in [0.15, 0.2) is 12.3 Å². The summed E-state index contributed by atoms with van der Waals surface area (Å²) in [7, 11) is 0. The molecule has 1 aromatic heterocycles. The fraction of sp³-hybridized carbons (Fsp3) is 0.583. The topological polar surface area (TPSA) is 66.9 Å². The summed E-state index contributed by atoms with van der Waals surface area (Å²) < 4.78 is 0. The predicted molar refractivity (Wildman–Crippen MR) is 66.4 cm³/mol. The number of nitrogens with one attached hydrogen (secondary N) is 2. The molecule has 2 N–H and O–H groups in total. The Morgan fingerprint density at radius 3 is 2.88 bits per heavy atom. The van der Waals surface area contributed by atoms with Crippen molar-refractivity contribution in [3.05, 3.63) is 23.8 Å². The van der Waals surface area contributed by atoms with Crippen LogP contribution in [0.25, 0.3) is 0 Å². The Bertz CT molecular complexity index is 365. The molecule has 17 heavy (non-hydrogen) atoms. The zero-order valence-corrected chi connectivity index (χ0v) is 10.7. The third-order valence-corrected chi connectivity index (χ3v) is 2.21. The van der Waals surface area contributed by atoms with Crippen molar-refractivity contribution in [2.45, 2.75) is 39.8 Å². The third kappa shape index (κ3) is 5.97. The number of aryl methyl sites for hydroxylation is 1. The van der Waals surface area contributed by atoms with Crippen molar-refractivity contribution < 1.29 is 4.79 Å². The fourth-order valence-corrected chi connectivity index (χ4v) is 1.36. The van der Waals surface area contributed by atoms with Crippen molar-refractivity contribution in [2.75, 3.05) is 6.54 Å². The summed E-state index contributed by atoms with van der Waals surface area (Å²) in [5, 5.41) is 6.03. The molecule has 1 aromatic rings. The van der Waals surface area contributed by atoms with E-state index in [-0.39, 0.29) is 5.91 Å². The lowest BCUT2D eigenvalue weighted by Crippen LogP contribution is -2.30. The first kappa shape index (κ1) is 13.6.